The van der Waals surface area contributed by atoms with E-state index in [4.69, 9.17) is 4.65 Å². The Balaban J connectivity index is 2.41. The lowest BCUT2D eigenvalue weighted by molar-refractivity contribution is -0.137. The van der Waals surface area contributed by atoms with E-state index < -0.39 is 0 Å². The van der Waals surface area contributed by atoms with Gasteiger partial charge in [-0.15, -0.1) is 0 Å². The molecule has 3 heteroatoms. The molecule has 2 saturated heterocycles. The number of nitrogens with zero attached hydrogens (tertiary/aromatic N) is 1. The molecule has 0 bridgehead atoms. The summed E-state index contributed by atoms with van der Waals surface area (Å²) in [6.45, 7) is 15.1. The van der Waals surface area contributed by atoms with Crippen molar-refractivity contribution in [3.8, 4) is 0 Å². The number of hydrogen-bond donors (Lipinski definition) is 0. The minimum Gasteiger partial charge on any atom is -0.416 e. The van der Waals surface area contributed by atoms with E-state index in [-0.39, 0.29) is 16.4 Å². The maximum absolute atomic E-state index is 6.28. The SMILES string of the molecule is CC(C)(C)C1(C(C)(C)C)OBN2CC[C@H]21. The maximum atomic E-state index is 6.28. The quantitative estimate of drug-likeness (QED) is 0.567. The predicted molar refractivity (Wildman–Crippen MR) is 65.0 cm³/mol. The zero-order valence-electron chi connectivity index (χ0n) is 11.1. The molecule has 0 saturated carbocycles. The summed E-state index contributed by atoms with van der Waals surface area (Å²) in [5.74, 6) is 0. The first-order valence-corrected chi connectivity index (χ1v) is 6.08. The highest BCUT2D eigenvalue weighted by Crippen LogP contribution is 2.55. The van der Waals surface area contributed by atoms with Gasteiger partial charge < -0.3 is 9.47 Å². The molecule has 0 spiro atoms. The van der Waals surface area contributed by atoms with E-state index in [1.165, 1.54) is 13.0 Å². The van der Waals surface area contributed by atoms with Crippen molar-refractivity contribution in [3.05, 3.63) is 0 Å². The topological polar surface area (TPSA) is 12.5 Å². The van der Waals surface area contributed by atoms with Gasteiger partial charge in [0.1, 0.15) is 0 Å². The van der Waals surface area contributed by atoms with Crippen molar-refractivity contribution in [1.29, 1.82) is 0 Å². The van der Waals surface area contributed by atoms with Gasteiger partial charge in [0.25, 0.3) is 0 Å². The summed E-state index contributed by atoms with van der Waals surface area (Å²) in [4.78, 5) is 2.48. The zero-order chi connectivity index (χ0) is 11.5. The van der Waals surface area contributed by atoms with Crippen LogP contribution in [0.1, 0.15) is 48.0 Å². The van der Waals surface area contributed by atoms with Crippen LogP contribution in [0.4, 0.5) is 0 Å². The molecule has 0 radical (unpaired) electrons. The number of fused-ring (bicyclic) bond motifs is 1. The molecule has 2 nitrogen and oxygen atoms in total. The zero-order valence-corrected chi connectivity index (χ0v) is 11.1. The van der Waals surface area contributed by atoms with Gasteiger partial charge in [-0.3, -0.25) is 0 Å². The molecular weight excluding hydrogens is 185 g/mol. The van der Waals surface area contributed by atoms with Gasteiger partial charge in [-0.25, -0.2) is 0 Å². The summed E-state index contributed by atoms with van der Waals surface area (Å²) < 4.78 is 6.28. The van der Waals surface area contributed by atoms with Crippen LogP contribution >= 0.6 is 0 Å². The third-order valence-electron chi connectivity index (χ3n) is 4.29. The maximum Gasteiger partial charge on any atom is 0.364 e. The van der Waals surface area contributed by atoms with Crippen LogP contribution in [-0.4, -0.2) is 30.6 Å². The largest absolute Gasteiger partial charge is 0.416 e. The third kappa shape index (κ3) is 1.32. The number of hydrogen-bond acceptors (Lipinski definition) is 2. The Labute approximate surface area is 94.7 Å². The normalized spacial score (nSPS) is 30.7. The molecule has 0 aliphatic carbocycles. The summed E-state index contributed by atoms with van der Waals surface area (Å²) in [5, 5.41) is 0. The highest BCUT2D eigenvalue weighted by molar-refractivity contribution is 6.25. The van der Waals surface area contributed by atoms with Gasteiger partial charge in [0.2, 0.25) is 0 Å². The fourth-order valence-electron chi connectivity index (χ4n) is 3.89. The second-order valence-corrected chi connectivity index (χ2v) is 7.13. The Hall–Kier alpha value is -0.0151. The van der Waals surface area contributed by atoms with Crippen LogP contribution in [0, 0.1) is 10.8 Å². The first-order chi connectivity index (χ1) is 6.70. The molecule has 2 heterocycles. The molecule has 86 valence electrons. The van der Waals surface area contributed by atoms with Crippen molar-refractivity contribution in [2.45, 2.75) is 59.6 Å². The van der Waals surface area contributed by atoms with E-state index in [0.717, 1.165) is 7.62 Å². The second kappa shape index (κ2) is 3.01. The van der Waals surface area contributed by atoms with Crippen LogP contribution in [0.25, 0.3) is 0 Å². The first kappa shape index (κ1) is 11.5. The molecule has 0 unspecified atom stereocenters. The van der Waals surface area contributed by atoms with Crippen LogP contribution in [0.3, 0.4) is 0 Å². The molecule has 0 N–H and O–H groups in total. The van der Waals surface area contributed by atoms with Gasteiger partial charge in [-0.05, 0) is 23.8 Å². The predicted octanol–water partition coefficient (Wildman–Crippen LogP) is 2.19. The smallest absolute Gasteiger partial charge is 0.364 e. The minimum absolute atomic E-state index is 0.0122. The fourth-order valence-corrected chi connectivity index (χ4v) is 3.89. The summed E-state index contributed by atoms with van der Waals surface area (Å²) in [6.07, 6.45) is 1.30. The van der Waals surface area contributed by atoms with Gasteiger partial charge in [-0.1, -0.05) is 41.5 Å². The van der Waals surface area contributed by atoms with Gasteiger partial charge in [0.15, 0.2) is 0 Å². The van der Waals surface area contributed by atoms with Gasteiger partial charge in [-0.2, -0.15) is 0 Å². The van der Waals surface area contributed by atoms with Crippen molar-refractivity contribution in [2.24, 2.45) is 10.8 Å². The van der Waals surface area contributed by atoms with Crippen molar-refractivity contribution in [1.82, 2.24) is 4.81 Å². The van der Waals surface area contributed by atoms with E-state index in [9.17, 15) is 0 Å². The lowest BCUT2D eigenvalue weighted by Gasteiger charge is -2.57. The lowest BCUT2D eigenvalue weighted by atomic mass is 9.57. The first-order valence-electron chi connectivity index (χ1n) is 6.08. The molecule has 1 atom stereocenters. The molecule has 0 aromatic rings. The number of rotatable bonds is 0. The lowest BCUT2D eigenvalue weighted by Crippen LogP contribution is -2.65. The average Bonchev–Trinajstić information content (AvgIpc) is 2.20. The van der Waals surface area contributed by atoms with E-state index in [0.29, 0.717) is 6.04 Å². The molecule has 2 fully saturated rings. The fraction of sp³-hybridized carbons (Fsp3) is 1.00. The summed E-state index contributed by atoms with van der Waals surface area (Å²) in [7, 11) is 0.833. The summed E-state index contributed by atoms with van der Waals surface area (Å²) in [5.41, 5.74) is 0.411. The Kier molecular flexibility index (Phi) is 2.30. The highest BCUT2D eigenvalue weighted by Gasteiger charge is 2.63. The van der Waals surface area contributed by atoms with Crippen molar-refractivity contribution < 1.29 is 4.65 Å². The van der Waals surface area contributed by atoms with Crippen molar-refractivity contribution in [2.75, 3.05) is 6.54 Å². The average molecular weight is 209 g/mol. The monoisotopic (exact) mass is 209 g/mol. The second-order valence-electron chi connectivity index (χ2n) is 7.13. The molecule has 2 aliphatic rings. The van der Waals surface area contributed by atoms with Gasteiger partial charge in [0, 0.05) is 6.04 Å². The van der Waals surface area contributed by atoms with Crippen LogP contribution in [-0.2, 0) is 4.65 Å². The van der Waals surface area contributed by atoms with Crippen LogP contribution in [0.15, 0.2) is 0 Å². The minimum atomic E-state index is 0.0122. The van der Waals surface area contributed by atoms with E-state index in [1.807, 2.05) is 0 Å². The molecule has 15 heavy (non-hydrogen) atoms. The third-order valence-corrected chi connectivity index (χ3v) is 4.29. The van der Waals surface area contributed by atoms with Crippen LogP contribution in [0.2, 0.25) is 0 Å². The highest BCUT2D eigenvalue weighted by atomic mass is 16.5. The Bertz CT molecular complexity index is 250. The van der Waals surface area contributed by atoms with Crippen molar-refractivity contribution in [3.63, 3.8) is 0 Å². The molecule has 0 aromatic carbocycles. The Morgan fingerprint density at radius 3 is 1.87 bits per heavy atom. The van der Waals surface area contributed by atoms with E-state index in [2.05, 4.69) is 46.4 Å². The standard InChI is InChI=1S/C12H24BNO/c1-10(2,3)12(11(4,5)6)9-7-8-14(9)13-15-12/h9,13H,7-8H2,1-6H3/t9-/m0/s1. The molecule has 2 rings (SSSR count). The van der Waals surface area contributed by atoms with Gasteiger partial charge >= 0.3 is 7.62 Å². The molecule has 0 amide bonds. The van der Waals surface area contributed by atoms with Crippen molar-refractivity contribution >= 4 is 7.62 Å². The van der Waals surface area contributed by atoms with Gasteiger partial charge in [0.05, 0.1) is 5.60 Å². The molecule has 0 aromatic heterocycles. The summed E-state index contributed by atoms with van der Waals surface area (Å²) >= 11 is 0. The molecule has 2 aliphatic heterocycles. The Morgan fingerprint density at radius 2 is 1.67 bits per heavy atom. The van der Waals surface area contributed by atoms with E-state index >= 15 is 0 Å². The summed E-state index contributed by atoms with van der Waals surface area (Å²) in [6, 6.07) is 0.637. The molecular formula is C12H24BNO. The Morgan fingerprint density at radius 1 is 1.13 bits per heavy atom. The van der Waals surface area contributed by atoms with E-state index in [1.54, 1.807) is 0 Å². The van der Waals surface area contributed by atoms with Crippen LogP contribution in [0.5, 0.6) is 0 Å². The van der Waals surface area contributed by atoms with Crippen LogP contribution < -0.4 is 0 Å².